The van der Waals surface area contributed by atoms with Crippen LogP contribution in [-0.2, 0) is 24.9 Å². The predicted octanol–water partition coefficient (Wildman–Crippen LogP) is 2.94. The maximum atomic E-state index is 5.22. The second-order valence-corrected chi connectivity index (χ2v) is 4.90. The molecule has 0 atom stereocenters. The number of hydrogen-bond acceptors (Lipinski definition) is 3. The van der Waals surface area contributed by atoms with Gasteiger partial charge >= 0.3 is 0 Å². The van der Waals surface area contributed by atoms with Gasteiger partial charge in [0.05, 0.1) is 25.2 Å². The molecule has 18 heavy (non-hydrogen) atoms. The van der Waals surface area contributed by atoms with Crippen molar-refractivity contribution in [1.82, 2.24) is 9.55 Å². The summed E-state index contributed by atoms with van der Waals surface area (Å²) in [7, 11) is 3.69. The van der Waals surface area contributed by atoms with Gasteiger partial charge in [0.15, 0.2) is 0 Å². The summed E-state index contributed by atoms with van der Waals surface area (Å²) < 4.78 is 8.28. The first-order valence-electron chi connectivity index (χ1n) is 5.67. The molecule has 0 fully saturated rings. The summed E-state index contributed by atoms with van der Waals surface area (Å²) in [5, 5.41) is 3.41. The fourth-order valence-corrected chi connectivity index (χ4v) is 2.24. The summed E-state index contributed by atoms with van der Waals surface area (Å²) >= 11 is 3.54. The first-order valence-corrected chi connectivity index (χ1v) is 6.47. The van der Waals surface area contributed by atoms with E-state index in [9.17, 15) is 0 Å². The fourth-order valence-electron chi connectivity index (χ4n) is 1.76. The van der Waals surface area contributed by atoms with E-state index < -0.39 is 0 Å². The van der Waals surface area contributed by atoms with Gasteiger partial charge in [-0.1, -0.05) is 22.0 Å². The Hall–Kier alpha value is -1.33. The highest BCUT2D eigenvalue weighted by Crippen LogP contribution is 2.25. The lowest BCUT2D eigenvalue weighted by Crippen LogP contribution is -2.06. The highest BCUT2D eigenvalue weighted by Gasteiger charge is 2.06. The molecule has 2 aromatic rings. The van der Waals surface area contributed by atoms with Crippen LogP contribution in [0.15, 0.2) is 35.2 Å². The topological polar surface area (TPSA) is 39.1 Å². The first kappa shape index (κ1) is 13.1. The number of rotatable bonds is 5. The van der Waals surface area contributed by atoms with Crippen molar-refractivity contribution in [2.45, 2.75) is 13.2 Å². The van der Waals surface area contributed by atoms with E-state index in [1.54, 1.807) is 13.4 Å². The third kappa shape index (κ3) is 2.91. The number of methoxy groups -OCH3 is 1. The highest BCUT2D eigenvalue weighted by molar-refractivity contribution is 9.10. The monoisotopic (exact) mass is 309 g/mol. The van der Waals surface area contributed by atoms with Crippen molar-refractivity contribution < 1.29 is 4.74 Å². The quantitative estimate of drug-likeness (QED) is 0.923. The van der Waals surface area contributed by atoms with E-state index in [2.05, 4.69) is 32.3 Å². The van der Waals surface area contributed by atoms with Gasteiger partial charge in [-0.3, -0.25) is 0 Å². The largest absolute Gasteiger partial charge is 0.380 e. The molecule has 0 amide bonds. The van der Waals surface area contributed by atoms with Crippen molar-refractivity contribution in [1.29, 1.82) is 0 Å². The van der Waals surface area contributed by atoms with Crippen molar-refractivity contribution in [3.05, 3.63) is 46.5 Å². The molecule has 0 spiro atoms. The molecule has 0 aliphatic heterocycles. The van der Waals surface area contributed by atoms with Gasteiger partial charge in [-0.15, -0.1) is 0 Å². The van der Waals surface area contributed by atoms with Crippen LogP contribution in [0, 0.1) is 0 Å². The minimum absolute atomic E-state index is 0.579. The van der Waals surface area contributed by atoms with Crippen molar-refractivity contribution in [2.24, 2.45) is 7.05 Å². The Bertz CT molecular complexity index is 525. The molecule has 0 radical (unpaired) electrons. The lowest BCUT2D eigenvalue weighted by atomic mass is 10.2. The maximum absolute atomic E-state index is 5.22. The molecule has 1 aromatic heterocycles. The normalized spacial score (nSPS) is 10.6. The molecule has 0 aliphatic rings. The van der Waals surface area contributed by atoms with Crippen LogP contribution in [0.5, 0.6) is 0 Å². The Kier molecular flexibility index (Phi) is 4.38. The van der Waals surface area contributed by atoms with Crippen LogP contribution in [0.25, 0.3) is 0 Å². The van der Waals surface area contributed by atoms with E-state index in [4.69, 9.17) is 4.74 Å². The van der Waals surface area contributed by atoms with Gasteiger partial charge in [0.25, 0.3) is 0 Å². The SMILES string of the molecule is COCc1c(Br)cccc1NCc1cncn1C. The number of halogens is 1. The standard InChI is InChI=1S/C13H16BrN3O/c1-17-9-15-6-10(17)7-16-13-5-3-4-12(14)11(13)8-18-2/h3-6,9,16H,7-8H2,1-2H3. The molecule has 1 heterocycles. The van der Waals surface area contributed by atoms with E-state index in [0.29, 0.717) is 6.61 Å². The van der Waals surface area contributed by atoms with Crippen molar-refractivity contribution in [3.63, 3.8) is 0 Å². The summed E-state index contributed by atoms with van der Waals surface area (Å²) in [5.41, 5.74) is 3.34. The third-order valence-corrected chi connectivity index (χ3v) is 3.53. The van der Waals surface area contributed by atoms with Crippen LogP contribution in [-0.4, -0.2) is 16.7 Å². The zero-order chi connectivity index (χ0) is 13.0. The highest BCUT2D eigenvalue weighted by atomic mass is 79.9. The smallest absolute Gasteiger partial charge is 0.0946 e. The zero-order valence-electron chi connectivity index (χ0n) is 10.5. The predicted molar refractivity (Wildman–Crippen MR) is 75.4 cm³/mol. The van der Waals surface area contributed by atoms with Crippen LogP contribution >= 0.6 is 15.9 Å². The van der Waals surface area contributed by atoms with Crippen LogP contribution < -0.4 is 5.32 Å². The molecule has 1 N–H and O–H groups in total. The Labute approximate surface area is 115 Å². The number of imidazole rings is 1. The number of aryl methyl sites for hydroxylation is 1. The van der Waals surface area contributed by atoms with E-state index in [-0.39, 0.29) is 0 Å². The van der Waals surface area contributed by atoms with Crippen LogP contribution in [0.1, 0.15) is 11.3 Å². The molecular formula is C13H16BrN3O. The zero-order valence-corrected chi connectivity index (χ0v) is 12.1. The van der Waals surface area contributed by atoms with Gasteiger partial charge in [0, 0.05) is 36.1 Å². The Morgan fingerprint density at radius 1 is 1.44 bits per heavy atom. The van der Waals surface area contributed by atoms with E-state index in [1.165, 1.54) is 0 Å². The average Bonchev–Trinajstić information content (AvgIpc) is 2.76. The molecule has 0 saturated carbocycles. The van der Waals surface area contributed by atoms with Crippen molar-refractivity contribution >= 4 is 21.6 Å². The van der Waals surface area contributed by atoms with E-state index in [1.807, 2.05) is 29.9 Å². The summed E-state index contributed by atoms with van der Waals surface area (Å²) in [6, 6.07) is 6.08. The number of aromatic nitrogens is 2. The molecule has 0 aliphatic carbocycles. The van der Waals surface area contributed by atoms with Gasteiger partial charge in [-0.25, -0.2) is 4.98 Å². The number of ether oxygens (including phenoxy) is 1. The fraction of sp³-hybridized carbons (Fsp3) is 0.308. The minimum atomic E-state index is 0.579. The summed E-state index contributed by atoms with van der Waals surface area (Å²) in [6.45, 7) is 1.32. The number of benzene rings is 1. The molecule has 96 valence electrons. The van der Waals surface area contributed by atoms with Gasteiger partial charge in [-0.05, 0) is 12.1 Å². The molecule has 4 nitrogen and oxygen atoms in total. The Morgan fingerprint density at radius 2 is 2.28 bits per heavy atom. The molecule has 1 aromatic carbocycles. The Morgan fingerprint density at radius 3 is 2.94 bits per heavy atom. The van der Waals surface area contributed by atoms with Crippen molar-refractivity contribution in [3.8, 4) is 0 Å². The van der Waals surface area contributed by atoms with Crippen LogP contribution in [0.4, 0.5) is 5.69 Å². The first-order chi connectivity index (χ1) is 8.72. The average molecular weight is 310 g/mol. The second-order valence-electron chi connectivity index (χ2n) is 4.05. The Balaban J connectivity index is 2.14. The molecule has 0 bridgehead atoms. The summed E-state index contributed by atoms with van der Waals surface area (Å²) in [4.78, 5) is 4.10. The lowest BCUT2D eigenvalue weighted by molar-refractivity contribution is 0.185. The second kappa shape index (κ2) is 6.02. The molecule has 5 heteroatoms. The lowest BCUT2D eigenvalue weighted by Gasteiger charge is -2.13. The number of hydrogen-bond donors (Lipinski definition) is 1. The van der Waals surface area contributed by atoms with E-state index in [0.717, 1.165) is 28.0 Å². The van der Waals surface area contributed by atoms with E-state index >= 15 is 0 Å². The number of nitrogens with zero attached hydrogens (tertiary/aromatic N) is 2. The van der Waals surface area contributed by atoms with Gasteiger partial charge in [-0.2, -0.15) is 0 Å². The van der Waals surface area contributed by atoms with Crippen LogP contribution in [0.2, 0.25) is 0 Å². The molecular weight excluding hydrogens is 294 g/mol. The summed E-state index contributed by atoms with van der Waals surface area (Å²) in [5.74, 6) is 0. The minimum Gasteiger partial charge on any atom is -0.380 e. The molecule has 0 unspecified atom stereocenters. The number of nitrogens with one attached hydrogen (secondary N) is 1. The third-order valence-electron chi connectivity index (χ3n) is 2.78. The maximum Gasteiger partial charge on any atom is 0.0946 e. The van der Waals surface area contributed by atoms with Gasteiger partial charge in [0.1, 0.15) is 0 Å². The molecule has 2 rings (SSSR count). The number of anilines is 1. The molecule has 0 saturated heterocycles. The van der Waals surface area contributed by atoms with Gasteiger partial charge < -0.3 is 14.6 Å². The van der Waals surface area contributed by atoms with Crippen LogP contribution in [0.3, 0.4) is 0 Å². The van der Waals surface area contributed by atoms with Crippen molar-refractivity contribution in [2.75, 3.05) is 12.4 Å². The van der Waals surface area contributed by atoms with Gasteiger partial charge in [0.2, 0.25) is 0 Å². The summed E-state index contributed by atoms with van der Waals surface area (Å²) in [6.07, 6.45) is 3.66.